The number of hydrogen-bond acceptors (Lipinski definition) is 2. The SMILES string of the molecule is CCCCCCCCC(=O)NC1CC(O)C1(C)C. The van der Waals surface area contributed by atoms with E-state index >= 15 is 0 Å². The molecule has 0 aliphatic heterocycles. The van der Waals surface area contributed by atoms with Crippen LogP contribution < -0.4 is 5.32 Å². The second-order valence-corrected chi connectivity index (χ2v) is 6.21. The van der Waals surface area contributed by atoms with Gasteiger partial charge in [0.2, 0.25) is 5.91 Å². The number of nitrogens with one attached hydrogen (secondary N) is 1. The largest absolute Gasteiger partial charge is 0.392 e. The van der Waals surface area contributed by atoms with E-state index in [0.29, 0.717) is 12.8 Å². The third-order valence-corrected chi connectivity index (χ3v) is 4.31. The Labute approximate surface area is 111 Å². The van der Waals surface area contributed by atoms with Gasteiger partial charge in [0.25, 0.3) is 0 Å². The van der Waals surface area contributed by atoms with Crippen LogP contribution in [0.15, 0.2) is 0 Å². The maximum Gasteiger partial charge on any atom is 0.220 e. The van der Waals surface area contributed by atoms with E-state index in [9.17, 15) is 9.90 Å². The van der Waals surface area contributed by atoms with Crippen LogP contribution in [0.25, 0.3) is 0 Å². The van der Waals surface area contributed by atoms with E-state index in [1.54, 1.807) is 0 Å². The number of hydrogen-bond donors (Lipinski definition) is 2. The molecule has 1 aliphatic carbocycles. The molecule has 3 heteroatoms. The minimum absolute atomic E-state index is 0.149. The van der Waals surface area contributed by atoms with Gasteiger partial charge in [0, 0.05) is 17.9 Å². The molecule has 0 aromatic heterocycles. The van der Waals surface area contributed by atoms with Crippen LogP contribution in [-0.4, -0.2) is 23.2 Å². The zero-order valence-electron chi connectivity index (χ0n) is 12.2. The van der Waals surface area contributed by atoms with Crippen molar-refractivity contribution < 1.29 is 9.90 Å². The van der Waals surface area contributed by atoms with Gasteiger partial charge < -0.3 is 10.4 Å². The Balaban J connectivity index is 2.05. The van der Waals surface area contributed by atoms with E-state index in [1.165, 1.54) is 25.7 Å². The number of carbonyl (C=O) groups is 1. The molecule has 2 N–H and O–H groups in total. The van der Waals surface area contributed by atoms with Crippen LogP contribution in [0, 0.1) is 5.41 Å². The van der Waals surface area contributed by atoms with Gasteiger partial charge in [-0.25, -0.2) is 0 Å². The van der Waals surface area contributed by atoms with Crippen molar-refractivity contribution in [2.75, 3.05) is 0 Å². The maximum absolute atomic E-state index is 11.7. The Hall–Kier alpha value is -0.570. The van der Waals surface area contributed by atoms with Crippen molar-refractivity contribution in [3.05, 3.63) is 0 Å². The van der Waals surface area contributed by atoms with Gasteiger partial charge >= 0.3 is 0 Å². The summed E-state index contributed by atoms with van der Waals surface area (Å²) in [4.78, 5) is 11.7. The number of unbranched alkanes of at least 4 members (excludes halogenated alkanes) is 5. The summed E-state index contributed by atoms with van der Waals surface area (Å²) in [5.74, 6) is 0.149. The highest BCUT2D eigenvalue weighted by Crippen LogP contribution is 2.40. The molecule has 0 aromatic carbocycles. The molecule has 1 saturated carbocycles. The number of rotatable bonds is 8. The van der Waals surface area contributed by atoms with Gasteiger partial charge in [-0.3, -0.25) is 4.79 Å². The van der Waals surface area contributed by atoms with E-state index < -0.39 is 0 Å². The molecule has 0 bridgehead atoms. The average molecular weight is 255 g/mol. The Morgan fingerprint density at radius 2 is 1.83 bits per heavy atom. The van der Waals surface area contributed by atoms with Crippen LogP contribution in [0.3, 0.4) is 0 Å². The summed E-state index contributed by atoms with van der Waals surface area (Å²) in [6, 6.07) is 0.153. The predicted octanol–water partition coefficient (Wildman–Crippen LogP) is 3.01. The first-order valence-corrected chi connectivity index (χ1v) is 7.46. The first-order valence-electron chi connectivity index (χ1n) is 7.46. The highest BCUT2D eigenvalue weighted by molar-refractivity contribution is 5.76. The number of amides is 1. The molecule has 0 saturated heterocycles. The van der Waals surface area contributed by atoms with Gasteiger partial charge in [0.15, 0.2) is 0 Å². The van der Waals surface area contributed by atoms with Crippen molar-refractivity contribution >= 4 is 5.91 Å². The second-order valence-electron chi connectivity index (χ2n) is 6.21. The Morgan fingerprint density at radius 1 is 1.22 bits per heavy atom. The zero-order valence-corrected chi connectivity index (χ0v) is 12.2. The van der Waals surface area contributed by atoms with Crippen LogP contribution in [0.4, 0.5) is 0 Å². The summed E-state index contributed by atoms with van der Waals surface area (Å²) in [7, 11) is 0. The smallest absolute Gasteiger partial charge is 0.220 e. The van der Waals surface area contributed by atoms with Gasteiger partial charge in [0.1, 0.15) is 0 Å². The van der Waals surface area contributed by atoms with Gasteiger partial charge in [-0.05, 0) is 12.8 Å². The van der Waals surface area contributed by atoms with Crippen LogP contribution in [-0.2, 0) is 4.79 Å². The monoisotopic (exact) mass is 255 g/mol. The fourth-order valence-corrected chi connectivity index (χ4v) is 2.48. The molecule has 1 rings (SSSR count). The summed E-state index contributed by atoms with van der Waals surface area (Å²) in [5, 5.41) is 12.6. The highest BCUT2D eigenvalue weighted by atomic mass is 16.3. The van der Waals surface area contributed by atoms with Gasteiger partial charge in [0.05, 0.1) is 6.10 Å². The zero-order chi connectivity index (χ0) is 13.6. The lowest BCUT2D eigenvalue weighted by Gasteiger charge is -2.49. The number of aliphatic hydroxyl groups excluding tert-OH is 1. The van der Waals surface area contributed by atoms with Crippen molar-refractivity contribution in [2.24, 2.45) is 5.41 Å². The second kappa shape index (κ2) is 7.13. The Bertz CT molecular complexity index is 263. The summed E-state index contributed by atoms with van der Waals surface area (Å²) < 4.78 is 0. The molecule has 3 nitrogen and oxygen atoms in total. The molecule has 2 atom stereocenters. The highest BCUT2D eigenvalue weighted by Gasteiger charge is 2.47. The lowest BCUT2D eigenvalue weighted by molar-refractivity contribution is -0.129. The van der Waals surface area contributed by atoms with Crippen molar-refractivity contribution in [3.8, 4) is 0 Å². The van der Waals surface area contributed by atoms with E-state index in [4.69, 9.17) is 0 Å². The van der Waals surface area contributed by atoms with Crippen LogP contribution in [0.2, 0.25) is 0 Å². The molecular formula is C15H29NO2. The summed E-state index contributed by atoms with van der Waals surface area (Å²) in [5.41, 5.74) is -0.156. The van der Waals surface area contributed by atoms with Gasteiger partial charge in [-0.1, -0.05) is 52.9 Å². The predicted molar refractivity (Wildman–Crippen MR) is 74.3 cm³/mol. The fraction of sp³-hybridized carbons (Fsp3) is 0.933. The average Bonchev–Trinajstić information content (AvgIpc) is 2.33. The van der Waals surface area contributed by atoms with Gasteiger partial charge in [-0.15, -0.1) is 0 Å². The van der Waals surface area contributed by atoms with Crippen LogP contribution >= 0.6 is 0 Å². The lowest BCUT2D eigenvalue weighted by atomic mass is 9.64. The van der Waals surface area contributed by atoms with E-state index in [0.717, 1.165) is 12.8 Å². The molecule has 0 radical (unpaired) electrons. The quantitative estimate of drug-likeness (QED) is 0.655. The maximum atomic E-state index is 11.7. The molecule has 0 spiro atoms. The van der Waals surface area contributed by atoms with Crippen LogP contribution in [0.1, 0.15) is 72.1 Å². The summed E-state index contributed by atoms with van der Waals surface area (Å²) in [6.45, 7) is 6.23. The van der Waals surface area contributed by atoms with E-state index in [2.05, 4.69) is 12.2 Å². The summed E-state index contributed by atoms with van der Waals surface area (Å²) >= 11 is 0. The topological polar surface area (TPSA) is 49.3 Å². The molecular weight excluding hydrogens is 226 g/mol. The first-order chi connectivity index (χ1) is 8.48. The van der Waals surface area contributed by atoms with Crippen LogP contribution in [0.5, 0.6) is 0 Å². The molecule has 1 fully saturated rings. The molecule has 1 amide bonds. The lowest BCUT2D eigenvalue weighted by Crippen LogP contribution is -2.61. The molecule has 2 unspecified atom stereocenters. The normalized spacial score (nSPS) is 25.6. The molecule has 106 valence electrons. The molecule has 0 aromatic rings. The standard InChI is InChI=1S/C15H29NO2/c1-4-5-6-7-8-9-10-14(18)16-12-11-13(17)15(12,2)3/h12-13,17H,4-11H2,1-3H3,(H,16,18). The molecule has 0 heterocycles. The Morgan fingerprint density at radius 3 is 2.39 bits per heavy atom. The number of carbonyl (C=O) groups excluding carboxylic acids is 1. The number of aliphatic hydroxyl groups is 1. The summed E-state index contributed by atoms with van der Waals surface area (Å²) in [6.07, 6.45) is 8.32. The van der Waals surface area contributed by atoms with Crippen molar-refractivity contribution in [1.82, 2.24) is 5.32 Å². The van der Waals surface area contributed by atoms with Crippen molar-refractivity contribution in [2.45, 2.75) is 84.3 Å². The minimum atomic E-state index is -0.267. The molecule has 1 aliphatic rings. The van der Waals surface area contributed by atoms with E-state index in [1.807, 2.05) is 13.8 Å². The fourth-order valence-electron chi connectivity index (χ4n) is 2.48. The minimum Gasteiger partial charge on any atom is -0.392 e. The van der Waals surface area contributed by atoms with Crippen molar-refractivity contribution in [1.29, 1.82) is 0 Å². The molecule has 18 heavy (non-hydrogen) atoms. The third-order valence-electron chi connectivity index (χ3n) is 4.31. The first kappa shape index (κ1) is 15.5. The van der Waals surface area contributed by atoms with Gasteiger partial charge in [-0.2, -0.15) is 0 Å². The Kier molecular flexibility index (Phi) is 6.13. The third kappa shape index (κ3) is 4.27. The van der Waals surface area contributed by atoms with E-state index in [-0.39, 0.29) is 23.5 Å². The van der Waals surface area contributed by atoms with Crippen molar-refractivity contribution in [3.63, 3.8) is 0 Å².